The molecule has 0 aliphatic carbocycles. The zero-order valence-electron chi connectivity index (χ0n) is 17.0. The van der Waals surface area contributed by atoms with E-state index >= 15 is 0 Å². The standard InChI is InChI=1S/C21H27N3O5/c1-14-9-15(2)24(22-14)12-19(26)23-8-7-18(25)21(13-23,20(27)28)11-16-5-4-6-17(10-16)29-3/h4-6,9-10,18,25H,7-8,11-13H2,1-3H3,(H,27,28)/t18-,21+/m0/s1. The lowest BCUT2D eigenvalue weighted by Gasteiger charge is -2.43. The van der Waals surface area contributed by atoms with E-state index in [0.717, 1.165) is 17.0 Å². The molecule has 1 saturated heterocycles. The number of hydrogen-bond acceptors (Lipinski definition) is 5. The fraction of sp³-hybridized carbons (Fsp3) is 0.476. The number of methoxy groups -OCH3 is 1. The number of piperidine rings is 1. The number of likely N-dealkylation sites (tertiary alicyclic amines) is 1. The quantitative estimate of drug-likeness (QED) is 0.758. The van der Waals surface area contributed by atoms with Gasteiger partial charge < -0.3 is 19.8 Å². The summed E-state index contributed by atoms with van der Waals surface area (Å²) in [7, 11) is 1.54. The van der Waals surface area contributed by atoms with E-state index in [0.29, 0.717) is 12.3 Å². The highest BCUT2D eigenvalue weighted by Gasteiger charge is 2.50. The monoisotopic (exact) mass is 401 g/mol. The molecular formula is C21H27N3O5. The number of ether oxygens (including phenoxy) is 1. The summed E-state index contributed by atoms with van der Waals surface area (Å²) in [6.07, 6.45) is -0.743. The third kappa shape index (κ3) is 4.27. The van der Waals surface area contributed by atoms with Gasteiger partial charge in [-0.1, -0.05) is 12.1 Å². The number of carboxylic acid groups (broad SMARTS) is 1. The Balaban J connectivity index is 1.83. The second kappa shape index (κ2) is 8.24. The smallest absolute Gasteiger partial charge is 0.314 e. The van der Waals surface area contributed by atoms with Crippen LogP contribution in [-0.2, 0) is 22.6 Å². The third-order valence-electron chi connectivity index (χ3n) is 5.60. The number of hydrogen-bond donors (Lipinski definition) is 2. The average Bonchev–Trinajstić information content (AvgIpc) is 3.00. The number of aliphatic carboxylic acids is 1. The van der Waals surface area contributed by atoms with Gasteiger partial charge >= 0.3 is 5.97 Å². The van der Waals surface area contributed by atoms with Crippen molar-refractivity contribution in [2.75, 3.05) is 20.2 Å². The summed E-state index contributed by atoms with van der Waals surface area (Å²) < 4.78 is 6.84. The van der Waals surface area contributed by atoms with Gasteiger partial charge in [0.25, 0.3) is 0 Å². The Bertz CT molecular complexity index is 909. The van der Waals surface area contributed by atoms with Gasteiger partial charge in [0.15, 0.2) is 0 Å². The zero-order valence-corrected chi connectivity index (χ0v) is 17.0. The molecule has 1 aliphatic heterocycles. The average molecular weight is 401 g/mol. The molecule has 1 amide bonds. The summed E-state index contributed by atoms with van der Waals surface area (Å²) in [5.41, 5.74) is 0.949. The number of aliphatic hydroxyl groups excluding tert-OH is 1. The summed E-state index contributed by atoms with van der Waals surface area (Å²) in [4.78, 5) is 26.7. The second-order valence-corrected chi connectivity index (χ2v) is 7.69. The first-order valence-corrected chi connectivity index (χ1v) is 9.58. The van der Waals surface area contributed by atoms with E-state index in [-0.39, 0.29) is 31.8 Å². The minimum atomic E-state index is -1.48. The van der Waals surface area contributed by atoms with Gasteiger partial charge in [0, 0.05) is 18.8 Å². The number of aryl methyl sites for hydroxylation is 2. The molecule has 1 fully saturated rings. The van der Waals surface area contributed by atoms with Crippen molar-refractivity contribution >= 4 is 11.9 Å². The number of carbonyl (C=O) groups is 2. The Hall–Kier alpha value is -2.87. The SMILES string of the molecule is COc1cccc(C[C@@]2(C(=O)O)CN(C(=O)Cn3nc(C)cc3C)CC[C@@H]2O)c1. The first-order chi connectivity index (χ1) is 13.7. The van der Waals surface area contributed by atoms with Gasteiger partial charge in [0.1, 0.15) is 17.7 Å². The minimum absolute atomic E-state index is 0.0463. The number of nitrogens with zero attached hydrogens (tertiary/aromatic N) is 3. The highest BCUT2D eigenvalue weighted by atomic mass is 16.5. The van der Waals surface area contributed by atoms with Crippen LogP contribution in [0.1, 0.15) is 23.4 Å². The normalized spacial score (nSPS) is 21.8. The van der Waals surface area contributed by atoms with Crippen molar-refractivity contribution in [2.45, 2.75) is 39.3 Å². The molecule has 0 radical (unpaired) electrons. The van der Waals surface area contributed by atoms with Crippen molar-refractivity contribution in [3.05, 3.63) is 47.3 Å². The maximum atomic E-state index is 12.9. The van der Waals surface area contributed by atoms with Crippen LogP contribution in [0, 0.1) is 19.3 Å². The maximum Gasteiger partial charge on any atom is 0.314 e. The number of carboxylic acids is 1. The van der Waals surface area contributed by atoms with Gasteiger partial charge in [0.05, 0.1) is 18.9 Å². The molecule has 1 aromatic carbocycles. The molecule has 2 aromatic rings. The lowest BCUT2D eigenvalue weighted by molar-refractivity contribution is -0.166. The zero-order chi connectivity index (χ0) is 21.2. The Morgan fingerprint density at radius 2 is 2.07 bits per heavy atom. The van der Waals surface area contributed by atoms with E-state index in [4.69, 9.17) is 4.74 Å². The van der Waals surface area contributed by atoms with Crippen LogP contribution in [0.25, 0.3) is 0 Å². The molecule has 156 valence electrons. The molecule has 2 heterocycles. The number of aromatic nitrogens is 2. The largest absolute Gasteiger partial charge is 0.497 e. The summed E-state index contributed by atoms with van der Waals surface area (Å²) in [5, 5.41) is 25.0. The van der Waals surface area contributed by atoms with E-state index in [1.807, 2.05) is 19.9 Å². The van der Waals surface area contributed by atoms with Crippen molar-refractivity contribution < 1.29 is 24.5 Å². The number of rotatable bonds is 6. The predicted octanol–water partition coefficient (Wildman–Crippen LogP) is 1.42. The summed E-state index contributed by atoms with van der Waals surface area (Å²) in [6, 6.07) is 9.01. The Labute approximate surface area is 169 Å². The van der Waals surface area contributed by atoms with Crippen LogP contribution < -0.4 is 4.74 Å². The fourth-order valence-electron chi connectivity index (χ4n) is 3.96. The highest BCUT2D eigenvalue weighted by molar-refractivity contribution is 5.80. The van der Waals surface area contributed by atoms with Gasteiger partial charge in [0.2, 0.25) is 5.91 Å². The van der Waals surface area contributed by atoms with Crippen LogP contribution in [0.5, 0.6) is 5.75 Å². The van der Waals surface area contributed by atoms with Gasteiger partial charge in [-0.25, -0.2) is 0 Å². The Morgan fingerprint density at radius 1 is 1.31 bits per heavy atom. The van der Waals surface area contributed by atoms with Crippen molar-refractivity contribution in [2.24, 2.45) is 5.41 Å². The molecule has 2 N–H and O–H groups in total. The van der Waals surface area contributed by atoms with Crippen LogP contribution in [0.15, 0.2) is 30.3 Å². The van der Waals surface area contributed by atoms with Crippen LogP contribution in [0.4, 0.5) is 0 Å². The molecule has 0 spiro atoms. The van der Waals surface area contributed by atoms with E-state index in [2.05, 4.69) is 5.10 Å². The third-order valence-corrected chi connectivity index (χ3v) is 5.60. The van der Waals surface area contributed by atoms with Crippen LogP contribution in [0.2, 0.25) is 0 Å². The molecule has 29 heavy (non-hydrogen) atoms. The Kier molecular flexibility index (Phi) is 5.93. The molecular weight excluding hydrogens is 374 g/mol. The number of amides is 1. The molecule has 0 bridgehead atoms. The van der Waals surface area contributed by atoms with Gasteiger partial charge in [-0.15, -0.1) is 0 Å². The summed E-state index contributed by atoms with van der Waals surface area (Å²) in [5.74, 6) is -0.707. The maximum absolute atomic E-state index is 12.9. The van der Waals surface area contributed by atoms with Gasteiger partial charge in [-0.3, -0.25) is 14.3 Å². The molecule has 3 rings (SSSR count). The number of benzene rings is 1. The first-order valence-electron chi connectivity index (χ1n) is 9.58. The molecule has 8 heteroatoms. The van der Waals surface area contributed by atoms with E-state index in [1.54, 1.807) is 36.1 Å². The molecule has 0 saturated carbocycles. The first kappa shape index (κ1) is 20.9. The number of aliphatic hydroxyl groups is 1. The van der Waals surface area contributed by atoms with Crippen molar-refractivity contribution in [1.29, 1.82) is 0 Å². The van der Waals surface area contributed by atoms with Crippen LogP contribution in [0.3, 0.4) is 0 Å². The molecule has 2 atom stereocenters. The molecule has 1 aliphatic rings. The van der Waals surface area contributed by atoms with Gasteiger partial charge in [-0.2, -0.15) is 5.10 Å². The highest BCUT2D eigenvalue weighted by Crippen LogP contribution is 2.35. The molecule has 0 unspecified atom stereocenters. The topological polar surface area (TPSA) is 105 Å². The van der Waals surface area contributed by atoms with E-state index in [1.165, 1.54) is 4.90 Å². The molecule has 1 aromatic heterocycles. The second-order valence-electron chi connectivity index (χ2n) is 7.69. The molecule has 8 nitrogen and oxygen atoms in total. The van der Waals surface area contributed by atoms with Crippen molar-refractivity contribution in [1.82, 2.24) is 14.7 Å². The Morgan fingerprint density at radius 3 is 2.69 bits per heavy atom. The van der Waals surface area contributed by atoms with Crippen LogP contribution >= 0.6 is 0 Å². The summed E-state index contributed by atoms with van der Waals surface area (Å²) in [6.45, 7) is 4.03. The van der Waals surface area contributed by atoms with E-state index < -0.39 is 17.5 Å². The number of carbonyl (C=O) groups excluding carboxylic acids is 1. The minimum Gasteiger partial charge on any atom is -0.497 e. The van der Waals surface area contributed by atoms with Crippen molar-refractivity contribution in [3.8, 4) is 5.75 Å². The lowest BCUT2D eigenvalue weighted by atomic mass is 9.72. The summed E-state index contributed by atoms with van der Waals surface area (Å²) >= 11 is 0. The fourth-order valence-corrected chi connectivity index (χ4v) is 3.96. The van der Waals surface area contributed by atoms with Gasteiger partial charge in [-0.05, 0) is 50.5 Å². The van der Waals surface area contributed by atoms with E-state index in [9.17, 15) is 19.8 Å². The lowest BCUT2D eigenvalue weighted by Crippen LogP contribution is -2.58. The van der Waals surface area contributed by atoms with Crippen molar-refractivity contribution in [3.63, 3.8) is 0 Å². The predicted molar refractivity (Wildman–Crippen MR) is 106 cm³/mol. The van der Waals surface area contributed by atoms with Crippen LogP contribution in [-0.4, -0.2) is 63.1 Å².